The van der Waals surface area contributed by atoms with E-state index in [4.69, 9.17) is 0 Å². The van der Waals surface area contributed by atoms with Crippen molar-refractivity contribution in [3.8, 4) is 0 Å². The predicted octanol–water partition coefficient (Wildman–Crippen LogP) is 2.46. The Bertz CT molecular complexity index is 758. The summed E-state index contributed by atoms with van der Waals surface area (Å²) in [6.07, 6.45) is 6.31. The molecule has 1 N–H and O–H groups in total. The van der Waals surface area contributed by atoms with Crippen LogP contribution in [0.25, 0.3) is 0 Å². The van der Waals surface area contributed by atoms with Crippen molar-refractivity contribution in [1.82, 2.24) is 14.6 Å². The molecule has 0 spiro atoms. The molecular weight excluding hydrogens is 346 g/mol. The third kappa shape index (κ3) is 6.20. The molecule has 140 valence electrons. The first-order chi connectivity index (χ1) is 12.6. The molecule has 26 heavy (non-hydrogen) atoms. The van der Waals surface area contributed by atoms with Gasteiger partial charge in [0.25, 0.3) is 0 Å². The minimum absolute atomic E-state index is 0.150. The van der Waals surface area contributed by atoms with Crippen molar-refractivity contribution in [3.63, 3.8) is 0 Å². The molecule has 0 bridgehead atoms. The van der Waals surface area contributed by atoms with Gasteiger partial charge in [0.2, 0.25) is 10.0 Å². The Morgan fingerprint density at radius 2 is 1.77 bits per heavy atom. The van der Waals surface area contributed by atoms with Gasteiger partial charge in [-0.1, -0.05) is 36.4 Å². The van der Waals surface area contributed by atoms with Crippen LogP contribution in [0.5, 0.6) is 0 Å². The minimum atomic E-state index is -3.21. The zero-order valence-corrected chi connectivity index (χ0v) is 15.9. The number of nitrogens with zero attached hydrogens (tertiary/aromatic N) is 2. The Morgan fingerprint density at radius 1 is 1.04 bits per heavy atom. The molecule has 6 heteroatoms. The van der Waals surface area contributed by atoms with Gasteiger partial charge in [-0.15, -0.1) is 0 Å². The van der Waals surface area contributed by atoms with Crippen molar-refractivity contribution in [3.05, 3.63) is 66.0 Å². The normalized spacial score (nSPS) is 16.6. The van der Waals surface area contributed by atoms with Crippen LogP contribution in [0.3, 0.4) is 0 Å². The van der Waals surface area contributed by atoms with E-state index in [1.807, 2.05) is 42.6 Å². The minimum Gasteiger partial charge on any atom is -0.299 e. The average molecular weight is 374 g/mol. The Balaban J connectivity index is 1.37. The number of piperidine rings is 1. The van der Waals surface area contributed by atoms with Crippen LogP contribution in [0.4, 0.5) is 0 Å². The molecular formula is C20H27N3O2S. The van der Waals surface area contributed by atoms with Gasteiger partial charge in [-0.05, 0) is 55.5 Å². The molecule has 1 saturated heterocycles. The van der Waals surface area contributed by atoms with Gasteiger partial charge in [-0.2, -0.15) is 0 Å². The molecule has 0 unspecified atom stereocenters. The van der Waals surface area contributed by atoms with Gasteiger partial charge in [0.1, 0.15) is 0 Å². The van der Waals surface area contributed by atoms with E-state index in [-0.39, 0.29) is 5.75 Å². The number of likely N-dealkylation sites (tertiary alicyclic amines) is 1. The molecule has 1 aliphatic heterocycles. The van der Waals surface area contributed by atoms with Crippen LogP contribution in [0.2, 0.25) is 0 Å². The second-order valence-corrected chi connectivity index (χ2v) is 8.91. The molecule has 2 aromatic rings. The lowest BCUT2D eigenvalue weighted by molar-refractivity contribution is 0.178. The lowest BCUT2D eigenvalue weighted by atomic mass is 9.97. The summed E-state index contributed by atoms with van der Waals surface area (Å²) in [6.45, 7) is 3.48. The maximum Gasteiger partial charge on any atom is 0.211 e. The van der Waals surface area contributed by atoms with Crippen LogP contribution >= 0.6 is 0 Å². The average Bonchev–Trinajstić information content (AvgIpc) is 2.68. The van der Waals surface area contributed by atoms with E-state index in [0.717, 1.165) is 38.0 Å². The molecule has 1 fully saturated rings. The van der Waals surface area contributed by atoms with Crippen LogP contribution in [0, 0.1) is 5.92 Å². The number of nitrogens with one attached hydrogen (secondary N) is 1. The first kappa shape index (κ1) is 19.0. The quantitative estimate of drug-likeness (QED) is 0.772. The van der Waals surface area contributed by atoms with Crippen LogP contribution in [0.1, 0.15) is 24.0 Å². The predicted molar refractivity (Wildman–Crippen MR) is 104 cm³/mol. The highest BCUT2D eigenvalue weighted by Crippen LogP contribution is 2.18. The van der Waals surface area contributed by atoms with Crippen LogP contribution in [0.15, 0.2) is 54.9 Å². The molecule has 1 aromatic carbocycles. The number of sulfonamides is 1. The number of pyridine rings is 1. The molecule has 2 heterocycles. The molecule has 0 atom stereocenters. The van der Waals surface area contributed by atoms with Crippen molar-refractivity contribution >= 4 is 10.0 Å². The van der Waals surface area contributed by atoms with E-state index in [2.05, 4.69) is 20.7 Å². The number of aryl methyl sites for hydroxylation is 1. The fourth-order valence-electron chi connectivity index (χ4n) is 3.31. The van der Waals surface area contributed by atoms with E-state index in [9.17, 15) is 8.42 Å². The first-order valence-electron chi connectivity index (χ1n) is 9.23. The van der Waals surface area contributed by atoms with Crippen molar-refractivity contribution in [2.75, 3.05) is 25.4 Å². The van der Waals surface area contributed by atoms with Crippen LogP contribution < -0.4 is 4.72 Å². The van der Waals surface area contributed by atoms with Gasteiger partial charge >= 0.3 is 0 Å². The summed E-state index contributed by atoms with van der Waals surface area (Å²) >= 11 is 0. The van der Waals surface area contributed by atoms with Gasteiger partial charge in [0, 0.05) is 25.5 Å². The summed E-state index contributed by atoms with van der Waals surface area (Å²) in [5.74, 6) is 0.572. The fourth-order valence-corrected chi connectivity index (χ4v) is 4.45. The molecule has 0 saturated carbocycles. The number of hydrogen-bond acceptors (Lipinski definition) is 4. The summed E-state index contributed by atoms with van der Waals surface area (Å²) in [7, 11) is -3.21. The largest absolute Gasteiger partial charge is 0.299 e. The third-order valence-corrected chi connectivity index (χ3v) is 6.28. The lowest BCUT2D eigenvalue weighted by Crippen LogP contribution is -2.39. The smallest absolute Gasteiger partial charge is 0.211 e. The zero-order chi connectivity index (χ0) is 18.2. The summed E-state index contributed by atoms with van der Waals surface area (Å²) in [5.41, 5.74) is 2.29. The lowest BCUT2D eigenvalue weighted by Gasteiger charge is -2.31. The van der Waals surface area contributed by atoms with Crippen molar-refractivity contribution in [1.29, 1.82) is 0 Å². The summed E-state index contributed by atoms with van der Waals surface area (Å²) in [5, 5.41) is 0. The monoisotopic (exact) mass is 373 g/mol. The summed E-state index contributed by atoms with van der Waals surface area (Å²) in [4.78, 5) is 6.57. The molecule has 1 aromatic heterocycles. The highest BCUT2D eigenvalue weighted by atomic mass is 32.2. The molecule has 0 aliphatic carbocycles. The fraction of sp³-hybridized carbons (Fsp3) is 0.450. The number of hydrogen-bond donors (Lipinski definition) is 1. The van der Waals surface area contributed by atoms with Gasteiger partial charge in [-0.3, -0.25) is 9.88 Å². The van der Waals surface area contributed by atoms with Crippen LogP contribution in [-0.4, -0.2) is 43.7 Å². The van der Waals surface area contributed by atoms with Gasteiger partial charge < -0.3 is 0 Å². The Hall–Kier alpha value is -1.76. The van der Waals surface area contributed by atoms with Gasteiger partial charge in [0.15, 0.2) is 0 Å². The van der Waals surface area contributed by atoms with E-state index >= 15 is 0 Å². The van der Waals surface area contributed by atoms with E-state index in [1.165, 1.54) is 5.56 Å². The highest BCUT2D eigenvalue weighted by molar-refractivity contribution is 7.89. The van der Waals surface area contributed by atoms with E-state index in [0.29, 0.717) is 18.9 Å². The maximum absolute atomic E-state index is 12.2. The molecule has 5 nitrogen and oxygen atoms in total. The van der Waals surface area contributed by atoms with E-state index in [1.54, 1.807) is 6.20 Å². The Kier molecular flexibility index (Phi) is 6.77. The standard InChI is InChI=1S/C20H27N3O2S/c24-26(25,14-10-18-5-2-1-3-6-18)22-16-19-8-12-23(13-9-19)17-20-7-4-11-21-15-20/h1-7,11,15,19,22H,8-10,12-14,16-17H2. The van der Waals surface area contributed by atoms with E-state index < -0.39 is 10.0 Å². The topological polar surface area (TPSA) is 62.3 Å². The highest BCUT2D eigenvalue weighted by Gasteiger charge is 2.21. The Labute approximate surface area is 156 Å². The van der Waals surface area contributed by atoms with Crippen molar-refractivity contribution < 1.29 is 8.42 Å². The van der Waals surface area contributed by atoms with Gasteiger partial charge in [-0.25, -0.2) is 13.1 Å². The number of benzene rings is 1. The summed E-state index contributed by atoms with van der Waals surface area (Å²) in [6, 6.07) is 13.8. The Morgan fingerprint density at radius 3 is 2.46 bits per heavy atom. The first-order valence-corrected chi connectivity index (χ1v) is 10.9. The second-order valence-electron chi connectivity index (χ2n) is 6.98. The third-order valence-electron chi connectivity index (χ3n) is 4.93. The molecule has 0 radical (unpaired) electrons. The zero-order valence-electron chi connectivity index (χ0n) is 15.0. The van der Waals surface area contributed by atoms with Crippen molar-refractivity contribution in [2.45, 2.75) is 25.8 Å². The molecule has 3 rings (SSSR count). The molecule has 1 aliphatic rings. The van der Waals surface area contributed by atoms with Gasteiger partial charge in [0.05, 0.1) is 5.75 Å². The number of aromatic nitrogens is 1. The summed E-state index contributed by atoms with van der Waals surface area (Å²) < 4.78 is 27.3. The second kappa shape index (κ2) is 9.26. The molecule has 0 amide bonds. The SMILES string of the molecule is O=S(=O)(CCc1ccccc1)NCC1CCN(Cc2cccnc2)CC1. The maximum atomic E-state index is 12.2. The number of rotatable bonds is 8. The van der Waals surface area contributed by atoms with Crippen molar-refractivity contribution in [2.24, 2.45) is 5.92 Å². The van der Waals surface area contributed by atoms with Crippen LogP contribution in [-0.2, 0) is 23.0 Å².